The highest BCUT2D eigenvalue weighted by molar-refractivity contribution is 7.18. The summed E-state index contributed by atoms with van der Waals surface area (Å²) in [6.45, 7) is 9.68. The lowest BCUT2D eigenvalue weighted by atomic mass is 10.2. The van der Waals surface area contributed by atoms with E-state index in [0.717, 1.165) is 19.6 Å². The molecule has 0 aliphatic carbocycles. The van der Waals surface area contributed by atoms with Gasteiger partial charge in [-0.1, -0.05) is 35.6 Å². The number of hydrogen-bond acceptors (Lipinski definition) is 2. The zero-order valence-electron chi connectivity index (χ0n) is 14.7. The van der Waals surface area contributed by atoms with Gasteiger partial charge in [-0.2, -0.15) is 4.57 Å². The van der Waals surface area contributed by atoms with Crippen molar-refractivity contribution >= 4 is 39.4 Å². The Morgan fingerprint density at radius 1 is 0.917 bits per heavy atom. The second-order valence-electron chi connectivity index (χ2n) is 5.75. The minimum atomic E-state index is 0.991. The number of rotatable bonds is 6. The SMILES string of the molecule is CCN(CC)c1ccc(/C=C/c2sc3ccccc3[n+]2CC)cc1. The van der Waals surface area contributed by atoms with Crippen LogP contribution in [0.15, 0.2) is 48.5 Å². The summed E-state index contributed by atoms with van der Waals surface area (Å²) in [5.41, 5.74) is 3.86. The summed E-state index contributed by atoms with van der Waals surface area (Å²) in [6, 6.07) is 17.4. The van der Waals surface area contributed by atoms with Crippen molar-refractivity contribution in [2.75, 3.05) is 18.0 Å². The van der Waals surface area contributed by atoms with Crippen molar-refractivity contribution in [2.24, 2.45) is 0 Å². The molecule has 0 N–H and O–H groups in total. The number of aryl methyl sites for hydroxylation is 1. The molecular weight excluding hydrogens is 312 g/mol. The molecule has 1 aromatic heterocycles. The fraction of sp³-hybridized carbons (Fsp3) is 0.286. The standard InChI is InChI=1S/C21H25N2S/c1-4-22(5-2)18-14-11-17(12-15-18)13-16-21-23(6-3)19-9-7-8-10-20(19)24-21/h7-16H,4-6H2,1-3H3/q+1. The third kappa shape index (κ3) is 3.36. The molecule has 0 atom stereocenters. The summed E-state index contributed by atoms with van der Waals surface area (Å²) in [6.07, 6.45) is 4.45. The Bertz CT molecular complexity index is 827. The molecule has 0 fully saturated rings. The average Bonchev–Trinajstić information content (AvgIpc) is 2.99. The molecule has 0 unspecified atom stereocenters. The molecule has 0 aliphatic rings. The molecule has 0 bridgehead atoms. The molecule has 2 aromatic carbocycles. The van der Waals surface area contributed by atoms with Crippen molar-refractivity contribution in [2.45, 2.75) is 27.3 Å². The Morgan fingerprint density at radius 3 is 2.29 bits per heavy atom. The predicted octanol–water partition coefficient (Wildman–Crippen LogP) is 5.23. The summed E-state index contributed by atoms with van der Waals surface area (Å²) in [7, 11) is 0. The van der Waals surface area contributed by atoms with Crippen LogP contribution in [0.1, 0.15) is 31.3 Å². The number of thiazole rings is 1. The Balaban J connectivity index is 1.86. The Labute approximate surface area is 148 Å². The number of aromatic nitrogens is 1. The third-order valence-corrected chi connectivity index (χ3v) is 5.52. The van der Waals surface area contributed by atoms with E-state index in [1.807, 2.05) is 11.3 Å². The van der Waals surface area contributed by atoms with E-state index in [1.54, 1.807) is 0 Å². The number of benzene rings is 2. The molecule has 24 heavy (non-hydrogen) atoms. The molecule has 2 nitrogen and oxygen atoms in total. The van der Waals surface area contributed by atoms with Crippen LogP contribution in [0.4, 0.5) is 5.69 Å². The number of para-hydroxylation sites is 1. The van der Waals surface area contributed by atoms with Crippen LogP contribution in [0.3, 0.4) is 0 Å². The minimum Gasteiger partial charge on any atom is -0.372 e. The first-order chi connectivity index (χ1) is 11.8. The second kappa shape index (κ2) is 7.63. The van der Waals surface area contributed by atoms with E-state index in [2.05, 4.69) is 90.9 Å². The quantitative estimate of drug-likeness (QED) is 0.559. The smallest absolute Gasteiger partial charge is 0.262 e. The van der Waals surface area contributed by atoms with Gasteiger partial charge < -0.3 is 4.90 Å². The van der Waals surface area contributed by atoms with Gasteiger partial charge in [-0.3, -0.25) is 0 Å². The van der Waals surface area contributed by atoms with Gasteiger partial charge in [-0.25, -0.2) is 0 Å². The van der Waals surface area contributed by atoms with Crippen LogP contribution in [0, 0.1) is 0 Å². The van der Waals surface area contributed by atoms with Gasteiger partial charge >= 0.3 is 0 Å². The molecule has 0 saturated carbocycles. The van der Waals surface area contributed by atoms with Crippen molar-refractivity contribution in [3.05, 3.63) is 59.1 Å². The number of nitrogens with zero attached hydrogens (tertiary/aromatic N) is 2. The first-order valence-electron chi connectivity index (χ1n) is 8.71. The van der Waals surface area contributed by atoms with Crippen molar-refractivity contribution in [1.29, 1.82) is 0 Å². The van der Waals surface area contributed by atoms with Crippen LogP contribution in [-0.4, -0.2) is 13.1 Å². The largest absolute Gasteiger partial charge is 0.372 e. The first kappa shape index (κ1) is 16.7. The highest BCUT2D eigenvalue weighted by atomic mass is 32.1. The van der Waals surface area contributed by atoms with Crippen molar-refractivity contribution < 1.29 is 4.57 Å². The van der Waals surface area contributed by atoms with Crippen LogP contribution < -0.4 is 9.47 Å². The molecule has 1 heterocycles. The van der Waals surface area contributed by atoms with Gasteiger partial charge in [-0.15, -0.1) is 0 Å². The average molecular weight is 338 g/mol. The lowest BCUT2D eigenvalue weighted by molar-refractivity contribution is -0.665. The van der Waals surface area contributed by atoms with E-state index >= 15 is 0 Å². The molecule has 0 saturated heterocycles. The topological polar surface area (TPSA) is 7.12 Å². The molecular formula is C21H25N2S+. The predicted molar refractivity (Wildman–Crippen MR) is 107 cm³/mol. The Hall–Kier alpha value is -2.13. The van der Waals surface area contributed by atoms with E-state index < -0.39 is 0 Å². The maximum absolute atomic E-state index is 2.38. The van der Waals surface area contributed by atoms with Gasteiger partial charge in [0.05, 0.1) is 0 Å². The van der Waals surface area contributed by atoms with Gasteiger partial charge in [0.25, 0.3) is 5.01 Å². The maximum Gasteiger partial charge on any atom is 0.262 e. The highest BCUT2D eigenvalue weighted by Gasteiger charge is 2.15. The van der Waals surface area contributed by atoms with Crippen molar-refractivity contribution in [3.8, 4) is 0 Å². The van der Waals surface area contributed by atoms with Gasteiger partial charge in [0.15, 0.2) is 0 Å². The molecule has 3 aromatic rings. The lowest BCUT2D eigenvalue weighted by Crippen LogP contribution is -2.33. The van der Waals surface area contributed by atoms with Crippen LogP contribution in [0.5, 0.6) is 0 Å². The molecule has 0 radical (unpaired) electrons. The van der Waals surface area contributed by atoms with Gasteiger partial charge in [0.2, 0.25) is 5.52 Å². The van der Waals surface area contributed by atoms with E-state index in [4.69, 9.17) is 0 Å². The molecule has 0 spiro atoms. The van der Waals surface area contributed by atoms with Crippen LogP contribution in [0.25, 0.3) is 22.4 Å². The zero-order valence-corrected chi connectivity index (χ0v) is 15.5. The van der Waals surface area contributed by atoms with E-state index in [-0.39, 0.29) is 0 Å². The molecule has 0 aliphatic heterocycles. The monoisotopic (exact) mass is 337 g/mol. The van der Waals surface area contributed by atoms with Crippen molar-refractivity contribution in [3.63, 3.8) is 0 Å². The van der Waals surface area contributed by atoms with Gasteiger partial charge in [0, 0.05) is 30.9 Å². The van der Waals surface area contributed by atoms with Gasteiger partial charge in [0.1, 0.15) is 11.2 Å². The van der Waals surface area contributed by atoms with Crippen LogP contribution in [0.2, 0.25) is 0 Å². The molecule has 3 rings (SSSR count). The van der Waals surface area contributed by atoms with E-state index in [0.29, 0.717) is 0 Å². The fourth-order valence-corrected chi connectivity index (χ4v) is 4.18. The fourth-order valence-electron chi connectivity index (χ4n) is 3.06. The normalized spacial score (nSPS) is 11.5. The summed E-state index contributed by atoms with van der Waals surface area (Å²) < 4.78 is 3.72. The molecule has 0 amide bonds. The minimum absolute atomic E-state index is 0.991. The zero-order chi connectivity index (χ0) is 16.9. The summed E-state index contributed by atoms with van der Waals surface area (Å²) in [5, 5.41) is 1.30. The Kier molecular flexibility index (Phi) is 5.31. The number of anilines is 1. The van der Waals surface area contributed by atoms with Crippen molar-refractivity contribution in [1.82, 2.24) is 0 Å². The second-order valence-corrected chi connectivity index (χ2v) is 6.81. The lowest BCUT2D eigenvalue weighted by Gasteiger charge is -2.20. The van der Waals surface area contributed by atoms with E-state index in [9.17, 15) is 0 Å². The summed E-state index contributed by atoms with van der Waals surface area (Å²) in [4.78, 5) is 2.37. The third-order valence-electron chi connectivity index (χ3n) is 4.39. The van der Waals surface area contributed by atoms with Crippen LogP contribution >= 0.6 is 11.3 Å². The summed E-state index contributed by atoms with van der Waals surface area (Å²) in [5.74, 6) is 0. The highest BCUT2D eigenvalue weighted by Crippen LogP contribution is 2.22. The first-order valence-corrected chi connectivity index (χ1v) is 9.52. The molecule has 3 heteroatoms. The molecule has 124 valence electrons. The number of fused-ring (bicyclic) bond motifs is 1. The number of hydrogen-bond donors (Lipinski definition) is 0. The van der Waals surface area contributed by atoms with Gasteiger partial charge in [-0.05, 0) is 50.6 Å². The summed E-state index contributed by atoms with van der Waals surface area (Å²) >= 11 is 1.85. The Morgan fingerprint density at radius 2 is 1.62 bits per heavy atom. The maximum atomic E-state index is 2.38. The van der Waals surface area contributed by atoms with E-state index in [1.165, 1.54) is 26.5 Å². The van der Waals surface area contributed by atoms with Crippen LogP contribution in [-0.2, 0) is 6.54 Å².